The van der Waals surface area contributed by atoms with Gasteiger partial charge in [-0.25, -0.2) is 0 Å². The van der Waals surface area contributed by atoms with Gasteiger partial charge in [0.15, 0.2) is 6.10 Å². The molecule has 2 aromatic carbocycles. The molecule has 0 saturated heterocycles. The molecule has 1 aliphatic rings. The van der Waals surface area contributed by atoms with E-state index in [9.17, 15) is 9.59 Å². The van der Waals surface area contributed by atoms with Crippen LogP contribution in [0.2, 0.25) is 0 Å². The minimum atomic E-state index is -0.557. The van der Waals surface area contributed by atoms with E-state index in [0.717, 1.165) is 12.0 Å². The number of carbonyl (C=O) groups excluding carboxylic acids is 2. The fourth-order valence-electron chi connectivity index (χ4n) is 3.49. The first-order valence-electron chi connectivity index (χ1n) is 10.0. The van der Waals surface area contributed by atoms with E-state index >= 15 is 0 Å². The Morgan fingerprint density at radius 2 is 1.90 bits per heavy atom. The van der Waals surface area contributed by atoms with Crippen molar-refractivity contribution in [2.75, 3.05) is 19.5 Å². The van der Waals surface area contributed by atoms with Crippen molar-refractivity contribution in [2.45, 2.75) is 45.9 Å². The predicted octanol–water partition coefficient (Wildman–Crippen LogP) is 3.86. The average molecular weight is 412 g/mol. The number of amides is 2. The van der Waals surface area contributed by atoms with Crippen molar-refractivity contribution < 1.29 is 23.8 Å². The maximum absolute atomic E-state index is 13.0. The van der Waals surface area contributed by atoms with Crippen LogP contribution in [0.25, 0.3) is 0 Å². The smallest absolute Gasteiger partial charge is 0.263 e. The number of benzene rings is 2. The lowest BCUT2D eigenvalue weighted by molar-refractivity contribution is -0.139. The van der Waals surface area contributed by atoms with Gasteiger partial charge < -0.3 is 24.4 Å². The van der Waals surface area contributed by atoms with Crippen molar-refractivity contribution in [1.82, 2.24) is 4.90 Å². The van der Waals surface area contributed by atoms with E-state index in [4.69, 9.17) is 14.2 Å². The summed E-state index contributed by atoms with van der Waals surface area (Å²) >= 11 is 0. The first kappa shape index (κ1) is 21.5. The van der Waals surface area contributed by atoms with Gasteiger partial charge in [0.25, 0.3) is 11.8 Å². The van der Waals surface area contributed by atoms with Crippen LogP contribution in [0.1, 0.15) is 43.1 Å². The Morgan fingerprint density at radius 3 is 2.50 bits per heavy atom. The van der Waals surface area contributed by atoms with Crippen molar-refractivity contribution in [3.05, 3.63) is 47.5 Å². The molecule has 2 unspecified atom stereocenters. The molecule has 30 heavy (non-hydrogen) atoms. The number of nitrogens with zero attached hydrogens (tertiary/aromatic N) is 1. The summed E-state index contributed by atoms with van der Waals surface area (Å²) in [7, 11) is 3.01. The molecule has 0 fully saturated rings. The van der Waals surface area contributed by atoms with Crippen LogP contribution in [-0.2, 0) is 11.3 Å². The van der Waals surface area contributed by atoms with Crippen LogP contribution >= 0.6 is 0 Å². The third kappa shape index (κ3) is 4.20. The van der Waals surface area contributed by atoms with Crippen LogP contribution in [0.5, 0.6) is 17.2 Å². The van der Waals surface area contributed by atoms with Gasteiger partial charge in [-0.1, -0.05) is 13.0 Å². The average Bonchev–Trinajstić information content (AvgIpc) is 2.88. The normalized spacial score (nSPS) is 16.8. The summed E-state index contributed by atoms with van der Waals surface area (Å²) < 4.78 is 16.5. The van der Waals surface area contributed by atoms with Crippen LogP contribution < -0.4 is 19.5 Å². The SMILES string of the molecule is CCC(C)N1Cc2cc(NC(=O)c3c(OC)cccc3OC)ccc2OC(C)C1=O. The van der Waals surface area contributed by atoms with E-state index < -0.39 is 6.10 Å². The number of hydrogen-bond acceptors (Lipinski definition) is 5. The predicted molar refractivity (Wildman–Crippen MR) is 114 cm³/mol. The third-order valence-electron chi connectivity index (χ3n) is 5.37. The Balaban J connectivity index is 1.91. The van der Waals surface area contributed by atoms with Gasteiger partial charge in [0.2, 0.25) is 0 Å². The Morgan fingerprint density at radius 1 is 1.23 bits per heavy atom. The standard InChI is InChI=1S/C23H28N2O5/c1-6-14(2)25-13-16-12-17(10-11-18(16)30-15(3)23(25)27)24-22(26)21-19(28-4)8-7-9-20(21)29-5/h7-12,14-15H,6,13H2,1-5H3,(H,24,26). The van der Waals surface area contributed by atoms with Crippen LogP contribution in [0, 0.1) is 0 Å². The van der Waals surface area contributed by atoms with E-state index in [1.54, 1.807) is 37.3 Å². The maximum atomic E-state index is 13.0. The number of rotatable bonds is 6. The number of nitrogens with one attached hydrogen (secondary N) is 1. The van der Waals surface area contributed by atoms with Crippen LogP contribution in [-0.4, -0.2) is 43.1 Å². The molecule has 160 valence electrons. The lowest BCUT2D eigenvalue weighted by Crippen LogP contribution is -2.42. The summed E-state index contributed by atoms with van der Waals surface area (Å²) in [6, 6.07) is 10.7. The minimum Gasteiger partial charge on any atom is -0.496 e. The number of methoxy groups -OCH3 is 2. The van der Waals surface area contributed by atoms with Gasteiger partial charge in [-0.3, -0.25) is 9.59 Å². The molecular weight excluding hydrogens is 384 g/mol. The highest BCUT2D eigenvalue weighted by molar-refractivity contribution is 6.08. The second kappa shape index (κ2) is 9.07. The maximum Gasteiger partial charge on any atom is 0.263 e. The molecule has 0 bridgehead atoms. The van der Waals surface area contributed by atoms with E-state index in [2.05, 4.69) is 5.32 Å². The third-order valence-corrected chi connectivity index (χ3v) is 5.37. The Hall–Kier alpha value is -3.22. The van der Waals surface area contributed by atoms with E-state index in [1.165, 1.54) is 14.2 Å². The van der Waals surface area contributed by atoms with Gasteiger partial charge in [0, 0.05) is 23.8 Å². The molecule has 3 rings (SSSR count). The van der Waals surface area contributed by atoms with Gasteiger partial charge in [0.1, 0.15) is 22.8 Å². The number of anilines is 1. The van der Waals surface area contributed by atoms with Gasteiger partial charge in [-0.05, 0) is 50.6 Å². The highest BCUT2D eigenvalue weighted by Crippen LogP contribution is 2.32. The van der Waals surface area contributed by atoms with Crippen molar-refractivity contribution in [3.8, 4) is 17.2 Å². The van der Waals surface area contributed by atoms with Crippen molar-refractivity contribution in [1.29, 1.82) is 0 Å². The Bertz CT molecular complexity index is 921. The molecule has 0 aromatic heterocycles. The molecule has 1 aliphatic heterocycles. The van der Waals surface area contributed by atoms with Gasteiger partial charge in [0.05, 0.1) is 14.2 Å². The summed E-state index contributed by atoms with van der Waals surface area (Å²) in [6.45, 7) is 6.26. The zero-order valence-electron chi connectivity index (χ0n) is 18.0. The quantitative estimate of drug-likeness (QED) is 0.780. The fraction of sp³-hybridized carbons (Fsp3) is 0.391. The van der Waals surface area contributed by atoms with Gasteiger partial charge in [-0.15, -0.1) is 0 Å². The van der Waals surface area contributed by atoms with E-state index in [-0.39, 0.29) is 17.9 Å². The molecular formula is C23H28N2O5. The fourth-order valence-corrected chi connectivity index (χ4v) is 3.49. The van der Waals surface area contributed by atoms with Crippen molar-refractivity contribution in [2.24, 2.45) is 0 Å². The van der Waals surface area contributed by atoms with Gasteiger partial charge >= 0.3 is 0 Å². The highest BCUT2D eigenvalue weighted by atomic mass is 16.5. The summed E-state index contributed by atoms with van der Waals surface area (Å²) in [6.07, 6.45) is 0.288. The van der Waals surface area contributed by atoms with Crippen LogP contribution in [0.3, 0.4) is 0 Å². The number of hydrogen-bond donors (Lipinski definition) is 1. The molecule has 0 aliphatic carbocycles. The molecule has 2 amide bonds. The zero-order chi connectivity index (χ0) is 21.8. The molecule has 0 spiro atoms. The first-order chi connectivity index (χ1) is 14.4. The van der Waals surface area contributed by atoms with Crippen molar-refractivity contribution in [3.63, 3.8) is 0 Å². The molecule has 7 nitrogen and oxygen atoms in total. The second-order valence-corrected chi connectivity index (χ2v) is 7.30. The van der Waals surface area contributed by atoms with Crippen molar-refractivity contribution >= 4 is 17.5 Å². The molecule has 7 heteroatoms. The molecule has 0 saturated carbocycles. The lowest BCUT2D eigenvalue weighted by atomic mass is 10.1. The number of ether oxygens (including phenoxy) is 3. The zero-order valence-corrected chi connectivity index (χ0v) is 18.0. The number of fused-ring (bicyclic) bond motifs is 1. The first-order valence-corrected chi connectivity index (χ1v) is 10.0. The minimum absolute atomic E-state index is 0.0371. The Kier molecular flexibility index (Phi) is 6.50. The van der Waals surface area contributed by atoms with E-state index in [0.29, 0.717) is 35.0 Å². The summed E-state index contributed by atoms with van der Waals surface area (Å²) in [4.78, 5) is 27.5. The second-order valence-electron chi connectivity index (χ2n) is 7.30. The number of carbonyl (C=O) groups is 2. The highest BCUT2D eigenvalue weighted by Gasteiger charge is 2.30. The summed E-state index contributed by atoms with van der Waals surface area (Å²) in [5, 5.41) is 2.90. The monoisotopic (exact) mass is 412 g/mol. The Labute approximate surface area is 176 Å². The molecule has 2 atom stereocenters. The van der Waals surface area contributed by atoms with Gasteiger partial charge in [-0.2, -0.15) is 0 Å². The lowest BCUT2D eigenvalue weighted by Gasteiger charge is -2.28. The van der Waals surface area contributed by atoms with Crippen LogP contribution in [0.15, 0.2) is 36.4 Å². The largest absolute Gasteiger partial charge is 0.496 e. The van der Waals surface area contributed by atoms with E-state index in [1.807, 2.05) is 24.8 Å². The summed E-state index contributed by atoms with van der Waals surface area (Å²) in [5.74, 6) is 1.11. The molecule has 1 N–H and O–H groups in total. The molecule has 2 aromatic rings. The molecule has 1 heterocycles. The van der Waals surface area contributed by atoms with Crippen LogP contribution in [0.4, 0.5) is 5.69 Å². The summed E-state index contributed by atoms with van der Waals surface area (Å²) in [5.41, 5.74) is 1.76. The molecule has 0 radical (unpaired) electrons. The topological polar surface area (TPSA) is 77.1 Å².